The maximum Gasteiger partial charge on any atom is 0.338 e. The number of hydrogen-bond donors (Lipinski definition) is 2. The summed E-state index contributed by atoms with van der Waals surface area (Å²) in [4.78, 5) is 36.7. The summed E-state index contributed by atoms with van der Waals surface area (Å²) in [5.74, 6) is -0.0641. The lowest BCUT2D eigenvalue weighted by Crippen LogP contribution is -2.50. The minimum absolute atomic E-state index is 0.219. The summed E-state index contributed by atoms with van der Waals surface area (Å²) in [7, 11) is 0. The number of benzene rings is 1. The largest absolute Gasteiger partial charge is 0.464 e. The Kier molecular flexibility index (Phi) is 10.0. The number of thioether (sulfide) groups is 1. The lowest BCUT2D eigenvalue weighted by molar-refractivity contribution is -0.144. The molecule has 1 aromatic carbocycles. The lowest BCUT2D eigenvalue weighted by Gasteiger charge is -2.18. The molecule has 7 nitrogen and oxygen atoms in total. The molecular weight excluding hydrogens is 392 g/mol. The standard InChI is InChI=1S/C21H30N2O5S/c1-3-5-9-12-22-19(24)16(14-29-13-15-10-7-6-8-11-15)23-20(25)17-18(28-17)21(26)27-4-2/h6-8,10-11,16-18H,3-5,9,12-14H2,1-2H3,(H,22,24)(H,23,25)/t16-,17-,18-/m0/s1. The van der Waals surface area contributed by atoms with Gasteiger partial charge in [-0.15, -0.1) is 0 Å². The molecular formula is C21H30N2O5S. The van der Waals surface area contributed by atoms with Crippen molar-refractivity contribution in [3.63, 3.8) is 0 Å². The minimum atomic E-state index is -0.886. The molecule has 0 aromatic heterocycles. The van der Waals surface area contributed by atoms with Gasteiger partial charge in [-0.2, -0.15) is 11.8 Å². The van der Waals surface area contributed by atoms with Gasteiger partial charge >= 0.3 is 5.97 Å². The van der Waals surface area contributed by atoms with Gasteiger partial charge in [-0.1, -0.05) is 50.1 Å². The van der Waals surface area contributed by atoms with Gasteiger partial charge in [-0.25, -0.2) is 4.79 Å². The van der Waals surface area contributed by atoms with Crippen LogP contribution in [0.4, 0.5) is 0 Å². The molecule has 1 fully saturated rings. The zero-order chi connectivity index (χ0) is 21.1. The molecule has 1 aromatic rings. The molecule has 0 spiro atoms. The monoisotopic (exact) mass is 422 g/mol. The number of amides is 2. The topological polar surface area (TPSA) is 97.0 Å². The highest BCUT2D eigenvalue weighted by Crippen LogP contribution is 2.24. The average molecular weight is 423 g/mol. The highest BCUT2D eigenvalue weighted by Gasteiger charge is 2.52. The van der Waals surface area contributed by atoms with Crippen LogP contribution in [0.5, 0.6) is 0 Å². The van der Waals surface area contributed by atoms with E-state index in [9.17, 15) is 14.4 Å². The molecule has 2 N–H and O–H groups in total. The quantitative estimate of drug-likeness (QED) is 0.287. The Morgan fingerprint density at radius 3 is 2.59 bits per heavy atom. The molecule has 1 heterocycles. The van der Waals surface area contributed by atoms with E-state index in [0.29, 0.717) is 12.3 Å². The zero-order valence-corrected chi connectivity index (χ0v) is 17.8. The van der Waals surface area contributed by atoms with Crippen LogP contribution in [0.15, 0.2) is 30.3 Å². The van der Waals surface area contributed by atoms with E-state index >= 15 is 0 Å². The summed E-state index contributed by atoms with van der Waals surface area (Å²) >= 11 is 1.57. The third kappa shape index (κ3) is 8.06. The van der Waals surface area contributed by atoms with Gasteiger partial charge in [0.05, 0.1) is 6.61 Å². The van der Waals surface area contributed by atoms with Gasteiger partial charge in [0.2, 0.25) is 5.91 Å². The SMILES string of the molecule is CCCCCNC(=O)[C@H](CSCc1ccccc1)NC(=O)[C@H]1O[C@@H]1C(=O)OCC. The van der Waals surface area contributed by atoms with Gasteiger partial charge in [0, 0.05) is 18.1 Å². The lowest BCUT2D eigenvalue weighted by atomic mass is 10.2. The van der Waals surface area contributed by atoms with Crippen LogP contribution in [-0.4, -0.2) is 54.9 Å². The van der Waals surface area contributed by atoms with E-state index in [1.54, 1.807) is 18.7 Å². The van der Waals surface area contributed by atoms with Gasteiger partial charge in [-0.05, 0) is 18.9 Å². The van der Waals surface area contributed by atoms with E-state index in [1.807, 2.05) is 30.3 Å². The summed E-state index contributed by atoms with van der Waals surface area (Å²) in [5, 5.41) is 5.61. The second-order valence-electron chi connectivity index (χ2n) is 6.79. The Hall–Kier alpha value is -2.06. The fraction of sp³-hybridized carbons (Fsp3) is 0.571. The first-order chi connectivity index (χ1) is 14.1. The van der Waals surface area contributed by atoms with E-state index in [4.69, 9.17) is 9.47 Å². The van der Waals surface area contributed by atoms with Crippen molar-refractivity contribution in [2.24, 2.45) is 0 Å². The Morgan fingerprint density at radius 2 is 1.90 bits per heavy atom. The first-order valence-corrected chi connectivity index (χ1v) is 11.2. The van der Waals surface area contributed by atoms with Crippen molar-refractivity contribution in [2.45, 2.75) is 57.1 Å². The molecule has 0 aliphatic carbocycles. The van der Waals surface area contributed by atoms with E-state index < -0.39 is 30.1 Å². The predicted octanol–water partition coefficient (Wildman–Crippen LogP) is 2.04. The van der Waals surface area contributed by atoms with Gasteiger partial charge in [-0.3, -0.25) is 9.59 Å². The van der Waals surface area contributed by atoms with Gasteiger partial charge in [0.15, 0.2) is 12.2 Å². The van der Waals surface area contributed by atoms with E-state index in [2.05, 4.69) is 17.6 Å². The Balaban J connectivity index is 1.86. The molecule has 0 unspecified atom stereocenters. The van der Waals surface area contributed by atoms with Gasteiger partial charge < -0.3 is 20.1 Å². The van der Waals surface area contributed by atoms with Crippen molar-refractivity contribution < 1.29 is 23.9 Å². The molecule has 8 heteroatoms. The van der Waals surface area contributed by atoms with Crippen LogP contribution in [0.25, 0.3) is 0 Å². The number of hydrogen-bond acceptors (Lipinski definition) is 6. The maximum absolute atomic E-state index is 12.6. The van der Waals surface area contributed by atoms with Gasteiger partial charge in [0.1, 0.15) is 6.04 Å². The molecule has 3 atom stereocenters. The van der Waals surface area contributed by atoms with Crippen LogP contribution in [0.2, 0.25) is 0 Å². The number of esters is 1. The molecule has 1 aliphatic heterocycles. The normalized spacial score (nSPS) is 18.6. The molecule has 160 valence electrons. The third-order valence-corrected chi connectivity index (χ3v) is 5.48. The van der Waals surface area contributed by atoms with Crippen molar-refractivity contribution in [1.29, 1.82) is 0 Å². The molecule has 0 saturated carbocycles. The highest BCUT2D eigenvalue weighted by molar-refractivity contribution is 7.98. The molecule has 29 heavy (non-hydrogen) atoms. The number of epoxide rings is 1. The number of carbonyl (C=O) groups is 3. The van der Waals surface area contributed by atoms with Crippen molar-refractivity contribution in [2.75, 3.05) is 18.9 Å². The maximum atomic E-state index is 12.6. The summed E-state index contributed by atoms with van der Waals surface area (Å²) in [6, 6.07) is 9.24. The van der Waals surface area contributed by atoms with Crippen molar-refractivity contribution in [3.05, 3.63) is 35.9 Å². The molecule has 1 aliphatic rings. The fourth-order valence-corrected chi connectivity index (χ4v) is 3.75. The molecule has 2 amide bonds. The summed E-state index contributed by atoms with van der Waals surface area (Å²) < 4.78 is 10.00. The van der Waals surface area contributed by atoms with E-state index in [1.165, 1.54) is 0 Å². The second kappa shape index (κ2) is 12.5. The molecule has 0 bridgehead atoms. The molecule has 0 radical (unpaired) electrons. The minimum Gasteiger partial charge on any atom is -0.464 e. The molecule has 2 rings (SSSR count). The number of unbranched alkanes of at least 4 members (excludes halogenated alkanes) is 2. The van der Waals surface area contributed by atoms with Crippen LogP contribution in [0, 0.1) is 0 Å². The Labute approximate surface area is 176 Å². The summed E-state index contributed by atoms with van der Waals surface area (Å²) in [5.41, 5.74) is 1.15. The van der Waals surface area contributed by atoms with Crippen molar-refractivity contribution >= 4 is 29.5 Å². The zero-order valence-electron chi connectivity index (χ0n) is 17.0. The van der Waals surface area contributed by atoms with Crippen LogP contribution in [0.1, 0.15) is 38.7 Å². The van der Waals surface area contributed by atoms with Crippen LogP contribution in [-0.2, 0) is 29.6 Å². The number of ether oxygens (including phenoxy) is 2. The highest BCUT2D eigenvalue weighted by atomic mass is 32.2. The first kappa shape index (κ1) is 23.2. The smallest absolute Gasteiger partial charge is 0.338 e. The van der Waals surface area contributed by atoms with E-state index in [0.717, 1.165) is 30.6 Å². The average Bonchev–Trinajstić information content (AvgIpc) is 3.52. The van der Waals surface area contributed by atoms with Crippen molar-refractivity contribution in [3.8, 4) is 0 Å². The van der Waals surface area contributed by atoms with Gasteiger partial charge in [0.25, 0.3) is 5.91 Å². The van der Waals surface area contributed by atoms with Crippen molar-refractivity contribution in [1.82, 2.24) is 10.6 Å². The first-order valence-electron chi connectivity index (χ1n) is 10.1. The number of rotatable bonds is 13. The van der Waals surface area contributed by atoms with Crippen LogP contribution in [0.3, 0.4) is 0 Å². The number of nitrogens with one attached hydrogen (secondary N) is 2. The van der Waals surface area contributed by atoms with Crippen LogP contribution >= 0.6 is 11.8 Å². The Bertz CT molecular complexity index is 670. The Morgan fingerprint density at radius 1 is 1.14 bits per heavy atom. The fourth-order valence-electron chi connectivity index (χ4n) is 2.73. The van der Waals surface area contributed by atoms with Crippen LogP contribution < -0.4 is 10.6 Å². The number of carbonyl (C=O) groups excluding carboxylic acids is 3. The third-order valence-electron chi connectivity index (χ3n) is 4.38. The molecule has 1 saturated heterocycles. The van der Waals surface area contributed by atoms with E-state index in [-0.39, 0.29) is 12.5 Å². The second-order valence-corrected chi connectivity index (χ2v) is 7.82. The predicted molar refractivity (Wildman–Crippen MR) is 112 cm³/mol. The summed E-state index contributed by atoms with van der Waals surface area (Å²) in [6.45, 7) is 4.60. The summed E-state index contributed by atoms with van der Waals surface area (Å²) in [6.07, 6.45) is 1.24.